The Morgan fingerprint density at radius 3 is 1.77 bits per heavy atom. The van der Waals surface area contributed by atoms with Crippen molar-refractivity contribution in [2.45, 2.75) is 37.6 Å². The highest BCUT2D eigenvalue weighted by Crippen LogP contribution is 2.28. The Kier molecular flexibility index (Phi) is 6.54. The zero-order valence-electron chi connectivity index (χ0n) is 14.9. The van der Waals surface area contributed by atoms with E-state index in [4.69, 9.17) is 51.6 Å². The Morgan fingerprint density at radius 1 is 0.923 bits per heavy atom. The maximum absolute atomic E-state index is 5.80. The van der Waals surface area contributed by atoms with E-state index in [9.17, 15) is 0 Å². The van der Waals surface area contributed by atoms with Gasteiger partial charge in [-0.25, -0.2) is 0 Å². The molecule has 8 heteroatoms. The van der Waals surface area contributed by atoms with Crippen LogP contribution < -0.4 is 9.47 Å². The van der Waals surface area contributed by atoms with Gasteiger partial charge in [0.2, 0.25) is 0 Å². The molecule has 6 nitrogen and oxygen atoms in total. The summed E-state index contributed by atoms with van der Waals surface area (Å²) in [6.45, 7) is 5.12. The molecule has 0 amide bonds. The average molecular weight is 407 g/mol. The molecule has 4 atom stereocenters. The van der Waals surface area contributed by atoms with Crippen molar-refractivity contribution in [1.82, 2.24) is 0 Å². The van der Waals surface area contributed by atoms with Crippen molar-refractivity contribution in [3.63, 3.8) is 0 Å². The molecule has 2 fully saturated rings. The van der Waals surface area contributed by atoms with Crippen molar-refractivity contribution in [1.29, 1.82) is 0 Å². The summed E-state index contributed by atoms with van der Waals surface area (Å²) in [7, 11) is 0. The summed E-state index contributed by atoms with van der Waals surface area (Å²) in [5.74, 6) is 0.501. The number of rotatable bonds is 8. The summed E-state index contributed by atoms with van der Waals surface area (Å²) in [5, 5.41) is 0. The molecule has 0 aliphatic carbocycles. The topological polar surface area (TPSA) is 55.4 Å². The van der Waals surface area contributed by atoms with Gasteiger partial charge in [-0.1, -0.05) is 6.07 Å². The van der Waals surface area contributed by atoms with Crippen LogP contribution in [-0.4, -0.2) is 62.0 Å². The van der Waals surface area contributed by atoms with E-state index < -0.39 is 11.6 Å². The number of hydrogen-bond donors (Lipinski definition) is 0. The Morgan fingerprint density at radius 2 is 1.38 bits per heavy atom. The minimum atomic E-state index is -0.800. The number of alkyl halides is 2. The van der Waals surface area contributed by atoms with Gasteiger partial charge in [-0.05, 0) is 26.0 Å². The van der Waals surface area contributed by atoms with Crippen molar-refractivity contribution in [3.05, 3.63) is 24.3 Å². The van der Waals surface area contributed by atoms with Gasteiger partial charge >= 0.3 is 0 Å². The fourth-order valence-electron chi connectivity index (χ4n) is 2.77. The second-order valence-electron chi connectivity index (χ2n) is 6.73. The molecule has 3 rings (SSSR count). The zero-order chi connectivity index (χ0) is 18.6. The molecule has 0 radical (unpaired) electrons. The summed E-state index contributed by atoms with van der Waals surface area (Å²) >= 11 is 11.6. The van der Waals surface area contributed by atoms with E-state index >= 15 is 0 Å². The zero-order valence-corrected chi connectivity index (χ0v) is 16.4. The molecule has 2 aliphatic heterocycles. The third kappa shape index (κ3) is 5.15. The van der Waals surface area contributed by atoms with Gasteiger partial charge in [0, 0.05) is 6.07 Å². The Balaban J connectivity index is 1.50. The molecule has 4 unspecified atom stereocenters. The van der Waals surface area contributed by atoms with E-state index in [-0.39, 0.29) is 25.4 Å². The molecule has 0 saturated carbocycles. The van der Waals surface area contributed by atoms with Crippen LogP contribution in [0.15, 0.2) is 24.3 Å². The number of halogens is 2. The van der Waals surface area contributed by atoms with Crippen LogP contribution in [0.2, 0.25) is 0 Å². The highest BCUT2D eigenvalue weighted by molar-refractivity contribution is 6.18. The number of benzene rings is 1. The van der Waals surface area contributed by atoms with Crippen LogP contribution in [0.3, 0.4) is 0 Å². The van der Waals surface area contributed by atoms with Crippen molar-refractivity contribution < 1.29 is 28.4 Å². The van der Waals surface area contributed by atoms with Crippen LogP contribution in [0.4, 0.5) is 0 Å². The van der Waals surface area contributed by atoms with E-state index in [1.807, 2.05) is 32.0 Å². The van der Waals surface area contributed by atoms with Crippen LogP contribution >= 0.6 is 23.2 Å². The van der Waals surface area contributed by atoms with Crippen molar-refractivity contribution in [2.75, 3.05) is 38.2 Å². The Labute approximate surface area is 163 Å². The van der Waals surface area contributed by atoms with Crippen LogP contribution in [0.25, 0.3) is 0 Å². The fraction of sp³-hybridized carbons (Fsp3) is 0.667. The molecule has 0 bridgehead atoms. The lowest BCUT2D eigenvalue weighted by Crippen LogP contribution is -2.35. The van der Waals surface area contributed by atoms with Crippen molar-refractivity contribution in [2.24, 2.45) is 0 Å². The molecule has 1 aromatic carbocycles. The highest BCUT2D eigenvalue weighted by Gasteiger charge is 2.38. The molecular formula is C18H24Cl2O6. The molecule has 0 N–H and O–H groups in total. The fourth-order valence-corrected chi connectivity index (χ4v) is 3.07. The van der Waals surface area contributed by atoms with Gasteiger partial charge in [0.1, 0.15) is 24.7 Å². The second kappa shape index (κ2) is 8.50. The lowest BCUT2D eigenvalue weighted by Gasteiger charge is -2.24. The van der Waals surface area contributed by atoms with E-state index in [0.29, 0.717) is 36.5 Å². The molecule has 146 valence electrons. The van der Waals surface area contributed by atoms with Gasteiger partial charge in [0.15, 0.2) is 11.6 Å². The van der Waals surface area contributed by atoms with Crippen molar-refractivity contribution >= 4 is 23.2 Å². The SMILES string of the molecule is CC1(COc2cccc(OCC3(C)OCC(CCl)O3)c2)OCC(CCl)O1. The molecular weight excluding hydrogens is 383 g/mol. The standard InChI is InChI=1S/C18H24Cl2O6/c1-17(23-9-15(7-19)25-17)11-21-13-4-3-5-14(6-13)22-12-18(2)24-10-16(8-20)26-18/h3-6,15-16H,7-12H2,1-2H3. The smallest absolute Gasteiger partial charge is 0.200 e. The van der Waals surface area contributed by atoms with Gasteiger partial charge in [0.25, 0.3) is 0 Å². The summed E-state index contributed by atoms with van der Waals surface area (Å²) in [6, 6.07) is 7.34. The maximum atomic E-state index is 5.80. The highest BCUT2D eigenvalue weighted by atomic mass is 35.5. The number of ether oxygens (including phenoxy) is 6. The van der Waals surface area contributed by atoms with Gasteiger partial charge in [-0.2, -0.15) is 0 Å². The summed E-state index contributed by atoms with van der Waals surface area (Å²) < 4.78 is 34.4. The monoisotopic (exact) mass is 406 g/mol. The van der Waals surface area contributed by atoms with Gasteiger partial charge in [0.05, 0.1) is 37.2 Å². The second-order valence-corrected chi connectivity index (χ2v) is 7.35. The third-order valence-electron chi connectivity index (χ3n) is 4.13. The largest absolute Gasteiger partial charge is 0.488 e. The summed E-state index contributed by atoms with van der Waals surface area (Å²) in [6.07, 6.45) is -0.215. The normalized spacial score (nSPS) is 34.2. The minimum absolute atomic E-state index is 0.107. The Hall–Kier alpha value is -0.760. The van der Waals surface area contributed by atoms with Crippen LogP contribution in [-0.2, 0) is 18.9 Å². The van der Waals surface area contributed by atoms with Gasteiger partial charge in [-0.3, -0.25) is 0 Å². The molecule has 2 saturated heterocycles. The average Bonchev–Trinajstić information content (AvgIpc) is 3.23. The third-order valence-corrected chi connectivity index (χ3v) is 4.82. The van der Waals surface area contributed by atoms with E-state index in [1.54, 1.807) is 6.07 Å². The predicted octanol–water partition coefficient (Wildman–Crippen LogP) is 3.19. The lowest BCUT2D eigenvalue weighted by molar-refractivity contribution is -0.171. The van der Waals surface area contributed by atoms with Crippen LogP contribution in [0.1, 0.15) is 13.8 Å². The quantitative estimate of drug-likeness (QED) is 0.617. The first-order valence-corrected chi connectivity index (χ1v) is 9.62. The van der Waals surface area contributed by atoms with E-state index in [0.717, 1.165) is 0 Å². The first kappa shape index (κ1) is 20.0. The van der Waals surface area contributed by atoms with Crippen LogP contribution in [0.5, 0.6) is 11.5 Å². The van der Waals surface area contributed by atoms with Gasteiger partial charge in [-0.15, -0.1) is 23.2 Å². The number of hydrogen-bond acceptors (Lipinski definition) is 6. The van der Waals surface area contributed by atoms with E-state index in [1.165, 1.54) is 0 Å². The van der Waals surface area contributed by atoms with E-state index in [2.05, 4.69) is 0 Å². The summed E-state index contributed by atoms with van der Waals surface area (Å²) in [5.41, 5.74) is 0. The molecule has 2 aliphatic rings. The maximum Gasteiger partial charge on any atom is 0.200 e. The molecule has 26 heavy (non-hydrogen) atoms. The van der Waals surface area contributed by atoms with Crippen LogP contribution in [0, 0.1) is 0 Å². The summed E-state index contributed by atoms with van der Waals surface area (Å²) in [4.78, 5) is 0. The lowest BCUT2D eigenvalue weighted by atomic mass is 10.3. The first-order valence-electron chi connectivity index (χ1n) is 8.55. The molecule has 1 aromatic rings. The molecule has 0 aromatic heterocycles. The minimum Gasteiger partial charge on any atom is -0.488 e. The first-order chi connectivity index (χ1) is 12.4. The van der Waals surface area contributed by atoms with Gasteiger partial charge < -0.3 is 28.4 Å². The predicted molar refractivity (Wildman–Crippen MR) is 97.3 cm³/mol. The Bertz CT molecular complexity index is 556. The molecule has 2 heterocycles. The molecule has 0 spiro atoms. The van der Waals surface area contributed by atoms with Crippen molar-refractivity contribution in [3.8, 4) is 11.5 Å².